The summed E-state index contributed by atoms with van der Waals surface area (Å²) >= 11 is 0. The van der Waals surface area contributed by atoms with E-state index in [1.165, 1.54) is 34.9 Å². The molecule has 3 nitrogen and oxygen atoms in total. The SMILES string of the molecule is CC(C)(C)N1CCC(NC(=O)CCCCCC[PH](c2ccccc2)(c2ccccc2)c2ccccc2)CC1. The van der Waals surface area contributed by atoms with Gasteiger partial charge in [-0.15, -0.1) is 0 Å². The summed E-state index contributed by atoms with van der Waals surface area (Å²) < 4.78 is 0. The van der Waals surface area contributed by atoms with Gasteiger partial charge < -0.3 is 0 Å². The topological polar surface area (TPSA) is 32.3 Å². The van der Waals surface area contributed by atoms with Crippen molar-refractivity contribution < 1.29 is 4.79 Å². The van der Waals surface area contributed by atoms with Gasteiger partial charge in [0.1, 0.15) is 0 Å². The predicted molar refractivity (Wildman–Crippen MR) is 167 cm³/mol. The van der Waals surface area contributed by atoms with Crippen molar-refractivity contribution in [1.29, 1.82) is 0 Å². The molecule has 1 saturated heterocycles. The van der Waals surface area contributed by atoms with E-state index >= 15 is 0 Å². The summed E-state index contributed by atoms with van der Waals surface area (Å²) in [6, 6.07) is 33.9. The molecule has 1 aliphatic rings. The Bertz CT molecular complexity index is 1010. The van der Waals surface area contributed by atoms with Crippen LogP contribution in [-0.2, 0) is 4.79 Å². The fourth-order valence-electron chi connectivity index (χ4n) is 6.12. The molecule has 0 atom stereocenters. The molecule has 4 rings (SSSR count). The molecule has 0 aromatic heterocycles. The Hall–Kier alpha value is -2.48. The fraction of sp³-hybridized carbons (Fsp3) is 0.441. The zero-order chi connectivity index (χ0) is 26.8. The summed E-state index contributed by atoms with van der Waals surface area (Å²) in [5, 5.41) is 7.75. The third-order valence-corrected chi connectivity index (χ3v) is 13.4. The van der Waals surface area contributed by atoms with E-state index in [9.17, 15) is 4.79 Å². The number of hydrogen-bond donors (Lipinski definition) is 1. The summed E-state index contributed by atoms with van der Waals surface area (Å²) in [5.74, 6) is 0.237. The number of nitrogens with one attached hydrogen (secondary N) is 1. The van der Waals surface area contributed by atoms with Gasteiger partial charge in [0, 0.05) is 5.54 Å². The zero-order valence-electron chi connectivity index (χ0n) is 23.7. The molecule has 0 bridgehead atoms. The van der Waals surface area contributed by atoms with Crippen molar-refractivity contribution in [3.05, 3.63) is 91.0 Å². The van der Waals surface area contributed by atoms with Crippen LogP contribution >= 0.6 is 7.26 Å². The first-order valence-corrected chi connectivity index (χ1v) is 16.8. The number of carbonyl (C=O) groups excluding carboxylic acids is 1. The van der Waals surface area contributed by atoms with Crippen LogP contribution in [0.2, 0.25) is 0 Å². The molecule has 3 aromatic rings. The van der Waals surface area contributed by atoms with E-state index in [0.717, 1.165) is 38.8 Å². The molecule has 4 heteroatoms. The Morgan fingerprint density at radius 1 is 0.737 bits per heavy atom. The first kappa shape index (κ1) is 28.5. The maximum atomic E-state index is 12.6. The minimum absolute atomic E-state index is 0.219. The van der Waals surface area contributed by atoms with Crippen LogP contribution in [0.25, 0.3) is 0 Å². The summed E-state index contributed by atoms with van der Waals surface area (Å²) in [6.45, 7) is 8.97. The van der Waals surface area contributed by atoms with Crippen LogP contribution in [0.5, 0.6) is 0 Å². The molecule has 1 N–H and O–H groups in total. The normalized spacial score (nSPS) is 15.8. The molecule has 204 valence electrons. The molecule has 0 unspecified atom stereocenters. The number of hydrogen-bond acceptors (Lipinski definition) is 2. The van der Waals surface area contributed by atoms with Crippen molar-refractivity contribution >= 4 is 29.1 Å². The minimum atomic E-state index is -2.14. The van der Waals surface area contributed by atoms with Crippen LogP contribution in [0.15, 0.2) is 91.0 Å². The molecule has 1 amide bonds. The number of rotatable bonds is 11. The monoisotopic (exact) mass is 530 g/mol. The van der Waals surface area contributed by atoms with E-state index in [0.29, 0.717) is 12.5 Å². The van der Waals surface area contributed by atoms with Crippen molar-refractivity contribution in [2.45, 2.75) is 77.3 Å². The van der Waals surface area contributed by atoms with Crippen LogP contribution in [0.1, 0.15) is 65.7 Å². The van der Waals surface area contributed by atoms with Gasteiger partial charge in [-0.25, -0.2) is 0 Å². The summed E-state index contributed by atoms with van der Waals surface area (Å²) in [7, 11) is -2.14. The van der Waals surface area contributed by atoms with Gasteiger partial charge in [0.25, 0.3) is 0 Å². The van der Waals surface area contributed by atoms with Crippen molar-refractivity contribution in [2.75, 3.05) is 19.3 Å². The van der Waals surface area contributed by atoms with E-state index in [2.05, 4.69) is 122 Å². The second kappa shape index (κ2) is 13.5. The second-order valence-electron chi connectivity index (χ2n) is 11.9. The molecule has 3 aromatic carbocycles. The molecule has 0 spiro atoms. The Kier molecular flexibility index (Phi) is 10.2. The molecule has 0 saturated carbocycles. The van der Waals surface area contributed by atoms with Gasteiger partial charge in [0.05, 0.1) is 0 Å². The van der Waals surface area contributed by atoms with E-state index in [1.807, 2.05) is 0 Å². The van der Waals surface area contributed by atoms with Gasteiger partial charge in [-0.1, -0.05) is 0 Å². The van der Waals surface area contributed by atoms with Gasteiger partial charge in [0.15, 0.2) is 0 Å². The van der Waals surface area contributed by atoms with E-state index in [1.54, 1.807) is 0 Å². The standard InChI is InChI=1S/C34H47N2OP/c1-34(2,3)36-26-24-29(25-27-36)35-33(37)23-15-4-5-16-28-38(30-17-9-6-10-18-30,31-19-11-7-12-20-31)32-21-13-8-14-22-32/h6-14,17-22,29,38H,4-5,15-16,23-28H2,1-3H3,(H,35,37). The van der Waals surface area contributed by atoms with Crippen molar-refractivity contribution in [2.24, 2.45) is 0 Å². The first-order chi connectivity index (χ1) is 18.4. The molecule has 38 heavy (non-hydrogen) atoms. The number of carbonyl (C=O) groups is 1. The third kappa shape index (κ3) is 7.33. The van der Waals surface area contributed by atoms with Gasteiger partial charge in [-0.3, -0.25) is 0 Å². The zero-order valence-corrected chi connectivity index (χ0v) is 24.7. The Balaban J connectivity index is 1.31. The van der Waals surface area contributed by atoms with Gasteiger partial charge in [0.2, 0.25) is 0 Å². The summed E-state index contributed by atoms with van der Waals surface area (Å²) in [4.78, 5) is 15.1. The fourth-order valence-corrected chi connectivity index (χ4v) is 11.1. The van der Waals surface area contributed by atoms with Crippen LogP contribution < -0.4 is 21.2 Å². The molecule has 1 aliphatic heterocycles. The third-order valence-electron chi connectivity index (χ3n) is 8.31. The number of unbranched alkanes of at least 4 members (excludes halogenated alkanes) is 3. The van der Waals surface area contributed by atoms with Gasteiger partial charge >= 0.3 is 205 Å². The molecular weight excluding hydrogens is 483 g/mol. The summed E-state index contributed by atoms with van der Waals surface area (Å²) in [5.41, 5.74) is 0.219. The van der Waals surface area contributed by atoms with Crippen LogP contribution in [-0.4, -0.2) is 41.6 Å². The van der Waals surface area contributed by atoms with Crippen molar-refractivity contribution in [1.82, 2.24) is 10.2 Å². The van der Waals surface area contributed by atoms with Crippen LogP contribution in [0.3, 0.4) is 0 Å². The molecule has 1 fully saturated rings. The van der Waals surface area contributed by atoms with Gasteiger partial charge in [-0.05, 0) is 20.8 Å². The van der Waals surface area contributed by atoms with E-state index < -0.39 is 7.26 Å². The molecule has 0 radical (unpaired) electrons. The van der Waals surface area contributed by atoms with Crippen LogP contribution in [0, 0.1) is 0 Å². The number of piperidine rings is 1. The Morgan fingerprint density at radius 3 is 1.63 bits per heavy atom. The van der Waals surface area contributed by atoms with Crippen molar-refractivity contribution in [3.8, 4) is 0 Å². The quantitative estimate of drug-likeness (QED) is 0.242. The molecule has 1 heterocycles. The van der Waals surface area contributed by atoms with Crippen LogP contribution in [0.4, 0.5) is 0 Å². The average Bonchev–Trinajstić information content (AvgIpc) is 2.94. The molecule has 0 aliphatic carbocycles. The number of benzene rings is 3. The Labute approximate surface area is 231 Å². The number of likely N-dealkylation sites (tertiary alicyclic amines) is 1. The Morgan fingerprint density at radius 2 is 1.18 bits per heavy atom. The number of amides is 1. The van der Waals surface area contributed by atoms with E-state index in [-0.39, 0.29) is 11.4 Å². The average molecular weight is 531 g/mol. The maximum absolute atomic E-state index is 12.6. The first-order valence-electron chi connectivity index (χ1n) is 14.6. The predicted octanol–water partition coefficient (Wildman–Crippen LogP) is 6.04. The second-order valence-corrected chi connectivity index (χ2v) is 16.0. The van der Waals surface area contributed by atoms with Crippen molar-refractivity contribution in [3.63, 3.8) is 0 Å². The van der Waals surface area contributed by atoms with E-state index in [4.69, 9.17) is 0 Å². The van der Waals surface area contributed by atoms with Gasteiger partial charge in [-0.2, -0.15) is 0 Å². The number of nitrogens with zero attached hydrogens (tertiary/aromatic N) is 1. The molecular formula is C34H47N2OP. The summed E-state index contributed by atoms with van der Waals surface area (Å²) in [6.07, 6.45) is 8.39.